The summed E-state index contributed by atoms with van der Waals surface area (Å²) in [5, 5.41) is 0. The van der Waals surface area contributed by atoms with Gasteiger partial charge in [0, 0.05) is 29.8 Å². The average Bonchev–Trinajstić information content (AvgIpc) is 2.28. The molecule has 4 nitrogen and oxygen atoms in total. The molecule has 1 aromatic carbocycles. The van der Waals surface area contributed by atoms with Gasteiger partial charge in [0.15, 0.2) is 0 Å². The van der Waals surface area contributed by atoms with Gasteiger partial charge in [0.1, 0.15) is 17.8 Å². The monoisotopic (exact) mass is 223 g/mol. The highest BCUT2D eigenvalue weighted by molar-refractivity contribution is 5.52. The number of aldehydes is 1. The zero-order valence-electron chi connectivity index (χ0n) is 9.60. The van der Waals surface area contributed by atoms with Crippen molar-refractivity contribution in [3.05, 3.63) is 18.2 Å². The fourth-order valence-electron chi connectivity index (χ4n) is 1.23. The van der Waals surface area contributed by atoms with Gasteiger partial charge in [-0.2, -0.15) is 0 Å². The molecule has 0 radical (unpaired) electrons. The van der Waals surface area contributed by atoms with Gasteiger partial charge in [0.2, 0.25) is 0 Å². The Labute approximate surface area is 95.3 Å². The van der Waals surface area contributed by atoms with E-state index in [9.17, 15) is 4.79 Å². The van der Waals surface area contributed by atoms with Crippen molar-refractivity contribution in [2.45, 2.75) is 13.3 Å². The molecular weight excluding hydrogens is 206 g/mol. The molecule has 0 heterocycles. The van der Waals surface area contributed by atoms with Crippen LogP contribution in [0.5, 0.6) is 11.5 Å². The van der Waals surface area contributed by atoms with Crippen LogP contribution in [0.2, 0.25) is 0 Å². The Morgan fingerprint density at radius 1 is 1.38 bits per heavy atom. The van der Waals surface area contributed by atoms with Crippen molar-refractivity contribution in [2.24, 2.45) is 5.92 Å². The molecule has 16 heavy (non-hydrogen) atoms. The highest BCUT2D eigenvalue weighted by Gasteiger charge is 2.02. The summed E-state index contributed by atoms with van der Waals surface area (Å²) in [5.41, 5.74) is 6.27. The highest BCUT2D eigenvalue weighted by Crippen LogP contribution is 2.24. The topological polar surface area (TPSA) is 61.6 Å². The van der Waals surface area contributed by atoms with Gasteiger partial charge in [-0.15, -0.1) is 0 Å². The van der Waals surface area contributed by atoms with Gasteiger partial charge in [0.05, 0.1) is 13.7 Å². The third-order valence-corrected chi connectivity index (χ3v) is 2.21. The van der Waals surface area contributed by atoms with E-state index < -0.39 is 0 Å². The van der Waals surface area contributed by atoms with Crippen molar-refractivity contribution in [1.82, 2.24) is 0 Å². The number of hydrogen-bond acceptors (Lipinski definition) is 4. The van der Waals surface area contributed by atoms with Gasteiger partial charge >= 0.3 is 0 Å². The van der Waals surface area contributed by atoms with Crippen LogP contribution < -0.4 is 15.2 Å². The summed E-state index contributed by atoms with van der Waals surface area (Å²) in [7, 11) is 1.58. The Balaban J connectivity index is 2.53. The summed E-state index contributed by atoms with van der Waals surface area (Å²) in [6, 6.07) is 5.22. The van der Waals surface area contributed by atoms with Gasteiger partial charge in [-0.25, -0.2) is 0 Å². The molecule has 0 fully saturated rings. The lowest BCUT2D eigenvalue weighted by Crippen LogP contribution is -2.05. The van der Waals surface area contributed by atoms with Gasteiger partial charge in [0.25, 0.3) is 0 Å². The first-order chi connectivity index (χ1) is 7.65. The van der Waals surface area contributed by atoms with E-state index >= 15 is 0 Å². The molecule has 0 aliphatic heterocycles. The average molecular weight is 223 g/mol. The van der Waals surface area contributed by atoms with Crippen LogP contribution in [-0.4, -0.2) is 20.0 Å². The number of carbonyl (C=O) groups is 1. The van der Waals surface area contributed by atoms with E-state index in [1.165, 1.54) is 0 Å². The van der Waals surface area contributed by atoms with E-state index in [-0.39, 0.29) is 5.92 Å². The third-order valence-electron chi connectivity index (χ3n) is 2.21. The Morgan fingerprint density at radius 3 is 2.69 bits per heavy atom. The predicted molar refractivity (Wildman–Crippen MR) is 62.7 cm³/mol. The van der Waals surface area contributed by atoms with Crippen LogP contribution in [0.25, 0.3) is 0 Å². The fourth-order valence-corrected chi connectivity index (χ4v) is 1.23. The number of rotatable bonds is 6. The molecule has 1 atom stereocenters. The number of benzene rings is 1. The highest BCUT2D eigenvalue weighted by atomic mass is 16.5. The first-order valence-corrected chi connectivity index (χ1v) is 5.18. The van der Waals surface area contributed by atoms with Crippen LogP contribution in [0.4, 0.5) is 5.69 Å². The molecule has 0 spiro atoms. The molecule has 0 aliphatic rings. The molecule has 0 aliphatic carbocycles. The maximum absolute atomic E-state index is 10.4. The van der Waals surface area contributed by atoms with E-state index in [0.717, 1.165) is 6.29 Å². The van der Waals surface area contributed by atoms with Crippen LogP contribution >= 0.6 is 0 Å². The quantitative estimate of drug-likeness (QED) is 0.591. The fraction of sp³-hybridized carbons (Fsp3) is 0.417. The Bertz CT molecular complexity index is 352. The summed E-state index contributed by atoms with van der Waals surface area (Å²) in [5.74, 6) is 1.34. The number of nitrogen functional groups attached to an aromatic ring is 1. The number of nitrogens with two attached hydrogens (primary N) is 1. The van der Waals surface area contributed by atoms with Gasteiger partial charge in [-0.3, -0.25) is 0 Å². The number of hydrogen-bond donors (Lipinski definition) is 1. The van der Waals surface area contributed by atoms with Crippen molar-refractivity contribution < 1.29 is 14.3 Å². The molecule has 1 unspecified atom stereocenters. The second-order valence-corrected chi connectivity index (χ2v) is 3.69. The first kappa shape index (κ1) is 12.4. The Morgan fingerprint density at radius 2 is 2.06 bits per heavy atom. The molecule has 2 N–H and O–H groups in total. The van der Waals surface area contributed by atoms with E-state index in [1.807, 2.05) is 6.92 Å². The molecular formula is C12H17NO3. The third kappa shape index (κ3) is 3.81. The number of anilines is 1. The lowest BCUT2D eigenvalue weighted by Gasteiger charge is -2.09. The van der Waals surface area contributed by atoms with Crippen molar-refractivity contribution in [3.63, 3.8) is 0 Å². The number of methoxy groups -OCH3 is 1. The lowest BCUT2D eigenvalue weighted by atomic mass is 10.1. The van der Waals surface area contributed by atoms with Crippen LogP contribution in [0.3, 0.4) is 0 Å². The molecule has 4 heteroatoms. The van der Waals surface area contributed by atoms with Crippen LogP contribution in [0.1, 0.15) is 13.3 Å². The van der Waals surface area contributed by atoms with E-state index in [4.69, 9.17) is 15.2 Å². The summed E-state index contributed by atoms with van der Waals surface area (Å²) >= 11 is 0. The van der Waals surface area contributed by atoms with E-state index in [0.29, 0.717) is 30.2 Å². The SMILES string of the molecule is COc1cc(N)cc(OCCC(C)C=O)c1. The predicted octanol–water partition coefficient (Wildman–Crippen LogP) is 1.88. The van der Waals surface area contributed by atoms with Crippen molar-refractivity contribution in [1.29, 1.82) is 0 Å². The maximum atomic E-state index is 10.4. The van der Waals surface area contributed by atoms with Gasteiger partial charge < -0.3 is 20.0 Å². The molecule has 0 saturated heterocycles. The van der Waals surface area contributed by atoms with Crippen LogP contribution in [0.15, 0.2) is 18.2 Å². The summed E-state index contributed by atoms with van der Waals surface area (Å²) in [4.78, 5) is 10.4. The second kappa shape index (κ2) is 6.00. The Hall–Kier alpha value is -1.71. The summed E-state index contributed by atoms with van der Waals surface area (Å²) in [6.45, 7) is 2.35. The minimum atomic E-state index is 0.0166. The second-order valence-electron chi connectivity index (χ2n) is 3.69. The lowest BCUT2D eigenvalue weighted by molar-refractivity contribution is -0.111. The molecule has 1 aromatic rings. The van der Waals surface area contributed by atoms with Crippen molar-refractivity contribution >= 4 is 12.0 Å². The van der Waals surface area contributed by atoms with Crippen molar-refractivity contribution in [3.8, 4) is 11.5 Å². The molecule has 0 bridgehead atoms. The molecule has 0 amide bonds. The molecule has 0 aromatic heterocycles. The minimum Gasteiger partial charge on any atom is -0.497 e. The zero-order valence-corrected chi connectivity index (χ0v) is 9.60. The standard InChI is InChI=1S/C12H17NO3/c1-9(8-14)3-4-16-12-6-10(13)5-11(7-12)15-2/h5-9H,3-4,13H2,1-2H3. The number of ether oxygens (including phenoxy) is 2. The Kier molecular flexibility index (Phi) is 4.64. The molecule has 1 rings (SSSR count). The first-order valence-electron chi connectivity index (χ1n) is 5.18. The van der Waals surface area contributed by atoms with Gasteiger partial charge in [-0.1, -0.05) is 6.92 Å². The minimum absolute atomic E-state index is 0.0166. The van der Waals surface area contributed by atoms with Crippen LogP contribution in [-0.2, 0) is 4.79 Å². The summed E-state index contributed by atoms with van der Waals surface area (Å²) < 4.78 is 10.6. The van der Waals surface area contributed by atoms with Gasteiger partial charge in [-0.05, 0) is 6.42 Å². The largest absolute Gasteiger partial charge is 0.497 e. The number of carbonyl (C=O) groups excluding carboxylic acids is 1. The van der Waals surface area contributed by atoms with E-state index in [2.05, 4.69) is 0 Å². The zero-order chi connectivity index (χ0) is 12.0. The van der Waals surface area contributed by atoms with Crippen LogP contribution in [0, 0.1) is 5.92 Å². The van der Waals surface area contributed by atoms with E-state index in [1.54, 1.807) is 25.3 Å². The molecule has 88 valence electrons. The van der Waals surface area contributed by atoms with Crippen molar-refractivity contribution in [2.75, 3.05) is 19.5 Å². The molecule has 0 saturated carbocycles. The normalized spacial score (nSPS) is 11.9. The summed E-state index contributed by atoms with van der Waals surface area (Å²) in [6.07, 6.45) is 1.61. The smallest absolute Gasteiger partial charge is 0.125 e. The maximum Gasteiger partial charge on any atom is 0.125 e.